The highest BCUT2D eigenvalue weighted by Crippen LogP contribution is 1.67. The van der Waals surface area contributed by atoms with Crippen LogP contribution in [0.1, 0.15) is 34.6 Å². The third-order valence-electron chi connectivity index (χ3n) is 0. The fraction of sp³-hybridized carbons (Fsp3) is 0.875. The predicted octanol–water partition coefficient (Wildman–Crippen LogP) is 2.38. The van der Waals surface area contributed by atoms with Crippen molar-refractivity contribution in [2.45, 2.75) is 40.7 Å². The van der Waals surface area contributed by atoms with Gasteiger partial charge in [-0.1, -0.05) is 22.9 Å². The van der Waals surface area contributed by atoms with Gasteiger partial charge < -0.3 is 9.90 Å². The molecule has 0 aliphatic heterocycles. The number of rotatable bonds is 0. The monoisotopic (exact) mass is 226 g/mol. The molecule has 0 fully saturated rings. The van der Waals surface area contributed by atoms with E-state index < -0.39 is 0 Å². The summed E-state index contributed by atoms with van der Waals surface area (Å²) in [6.45, 7) is 8.54. The summed E-state index contributed by atoms with van der Waals surface area (Å²) < 4.78 is 0. The molecular weight excluding hydrogens is 208 g/mol. The second kappa shape index (κ2) is 16.6. The maximum atomic E-state index is 9.44. The molecule has 0 bridgehead atoms. The topological polar surface area (TPSA) is 37.3 Å². The SMILES string of the molecule is CC(C)=O.CC(C)O.CCBr. The lowest BCUT2D eigenvalue weighted by atomic mass is 10.5. The number of alkyl halides is 1. The normalized spacial score (nSPS) is 7.27. The van der Waals surface area contributed by atoms with Crippen LogP contribution < -0.4 is 0 Å². The van der Waals surface area contributed by atoms with Crippen LogP contribution in [0.2, 0.25) is 0 Å². The summed E-state index contributed by atoms with van der Waals surface area (Å²) in [5, 5.41) is 9.12. The molecule has 0 amide bonds. The van der Waals surface area contributed by atoms with Crippen LogP contribution >= 0.6 is 15.9 Å². The zero-order chi connectivity index (χ0) is 9.86. The van der Waals surface area contributed by atoms with E-state index in [1.165, 1.54) is 13.8 Å². The third-order valence-corrected chi connectivity index (χ3v) is 0. The first kappa shape index (κ1) is 17.3. The standard InChI is InChI=1S/C3H8O.C3H6O.C2H5Br/c2*1-3(2)4;1-2-3/h3-4H,1-2H3;1-2H3;2H2,1H3. The average Bonchev–Trinajstić information content (AvgIpc) is 1.60. The summed E-state index contributed by atoms with van der Waals surface area (Å²) in [5.74, 6) is 0.167. The Labute approximate surface area is 78.1 Å². The minimum atomic E-state index is -0.167. The molecule has 0 aromatic carbocycles. The van der Waals surface area contributed by atoms with Gasteiger partial charge in [-0.3, -0.25) is 0 Å². The molecule has 0 radical (unpaired) electrons. The molecule has 3 heteroatoms. The van der Waals surface area contributed by atoms with Crippen molar-refractivity contribution in [1.82, 2.24) is 0 Å². The van der Waals surface area contributed by atoms with Crippen LogP contribution in [-0.2, 0) is 4.79 Å². The first-order valence-electron chi connectivity index (χ1n) is 3.59. The number of hydrogen-bond acceptors (Lipinski definition) is 2. The molecule has 2 nitrogen and oxygen atoms in total. The maximum absolute atomic E-state index is 9.44. The minimum Gasteiger partial charge on any atom is -0.394 e. The van der Waals surface area contributed by atoms with Gasteiger partial charge in [0.1, 0.15) is 5.78 Å². The Kier molecular flexibility index (Phi) is 26.1. The Hall–Kier alpha value is 0.110. The quantitative estimate of drug-likeness (QED) is 0.645. The Morgan fingerprint density at radius 3 is 1.45 bits per heavy atom. The average molecular weight is 227 g/mol. The van der Waals surface area contributed by atoms with Gasteiger partial charge in [0.2, 0.25) is 0 Å². The van der Waals surface area contributed by atoms with Crippen molar-refractivity contribution in [3.63, 3.8) is 0 Å². The van der Waals surface area contributed by atoms with E-state index in [2.05, 4.69) is 15.9 Å². The Morgan fingerprint density at radius 1 is 1.45 bits per heavy atom. The molecule has 0 saturated heterocycles. The van der Waals surface area contributed by atoms with E-state index in [1.54, 1.807) is 13.8 Å². The molecule has 11 heavy (non-hydrogen) atoms. The van der Waals surface area contributed by atoms with Crippen LogP contribution in [0.25, 0.3) is 0 Å². The highest BCUT2D eigenvalue weighted by Gasteiger charge is 1.69. The highest BCUT2D eigenvalue weighted by molar-refractivity contribution is 9.09. The molecule has 0 aliphatic carbocycles. The molecular formula is C8H19BrO2. The van der Waals surface area contributed by atoms with E-state index in [4.69, 9.17) is 5.11 Å². The predicted molar refractivity (Wildman–Crippen MR) is 53.2 cm³/mol. The van der Waals surface area contributed by atoms with Crippen molar-refractivity contribution in [2.24, 2.45) is 0 Å². The molecule has 0 spiro atoms. The molecule has 0 saturated carbocycles. The summed E-state index contributed by atoms with van der Waals surface area (Å²) >= 11 is 3.15. The van der Waals surface area contributed by atoms with E-state index in [1.807, 2.05) is 6.92 Å². The van der Waals surface area contributed by atoms with Crippen LogP contribution in [0.5, 0.6) is 0 Å². The lowest BCUT2D eigenvalue weighted by molar-refractivity contribution is -0.114. The van der Waals surface area contributed by atoms with Crippen LogP contribution in [-0.4, -0.2) is 22.3 Å². The zero-order valence-corrected chi connectivity index (χ0v) is 9.60. The van der Waals surface area contributed by atoms with Crippen LogP contribution in [0.15, 0.2) is 0 Å². The summed E-state index contributed by atoms with van der Waals surface area (Å²) in [4.78, 5) is 9.44. The molecule has 0 aromatic rings. The number of aliphatic hydroxyl groups is 1. The minimum absolute atomic E-state index is 0.167. The number of hydrogen-bond donors (Lipinski definition) is 1. The summed E-state index contributed by atoms with van der Waals surface area (Å²) in [7, 11) is 0. The number of ketones is 1. The van der Waals surface area contributed by atoms with Gasteiger partial charge in [-0.25, -0.2) is 0 Å². The second-order valence-corrected chi connectivity index (χ2v) is 3.39. The van der Waals surface area contributed by atoms with Crippen molar-refractivity contribution in [3.05, 3.63) is 0 Å². The number of carbonyl (C=O) groups is 1. The molecule has 0 atom stereocenters. The van der Waals surface area contributed by atoms with E-state index >= 15 is 0 Å². The molecule has 0 rings (SSSR count). The van der Waals surface area contributed by atoms with E-state index in [9.17, 15) is 4.79 Å². The molecule has 0 heterocycles. The lowest BCUT2D eigenvalue weighted by Crippen LogP contribution is -1.85. The Balaban J connectivity index is -0.0000000886. The van der Waals surface area contributed by atoms with Crippen molar-refractivity contribution >= 4 is 21.7 Å². The van der Waals surface area contributed by atoms with Gasteiger partial charge in [-0.15, -0.1) is 0 Å². The van der Waals surface area contributed by atoms with Gasteiger partial charge in [0.15, 0.2) is 0 Å². The summed E-state index contributed by atoms with van der Waals surface area (Å²) in [6, 6.07) is 0. The van der Waals surface area contributed by atoms with Crippen LogP contribution in [0.3, 0.4) is 0 Å². The summed E-state index contributed by atoms with van der Waals surface area (Å²) in [5.41, 5.74) is 0. The van der Waals surface area contributed by atoms with Crippen LogP contribution in [0.4, 0.5) is 0 Å². The maximum Gasteiger partial charge on any atom is 0.126 e. The number of halogens is 1. The largest absolute Gasteiger partial charge is 0.394 e. The van der Waals surface area contributed by atoms with Crippen LogP contribution in [0, 0.1) is 0 Å². The highest BCUT2D eigenvalue weighted by atomic mass is 79.9. The first-order chi connectivity index (χ1) is 4.88. The van der Waals surface area contributed by atoms with Crippen molar-refractivity contribution in [1.29, 1.82) is 0 Å². The number of carbonyl (C=O) groups excluding carboxylic acids is 1. The van der Waals surface area contributed by atoms with E-state index in [0.717, 1.165) is 5.33 Å². The van der Waals surface area contributed by atoms with Gasteiger partial charge in [0, 0.05) is 11.4 Å². The number of aliphatic hydroxyl groups excluding tert-OH is 1. The molecule has 1 N–H and O–H groups in total. The summed E-state index contributed by atoms with van der Waals surface area (Å²) in [6.07, 6.45) is -0.167. The fourth-order valence-electron chi connectivity index (χ4n) is 0. The molecule has 70 valence electrons. The molecule has 0 unspecified atom stereocenters. The first-order valence-corrected chi connectivity index (χ1v) is 4.71. The fourth-order valence-corrected chi connectivity index (χ4v) is 0. The smallest absolute Gasteiger partial charge is 0.126 e. The van der Waals surface area contributed by atoms with Crippen molar-refractivity contribution in [2.75, 3.05) is 5.33 Å². The van der Waals surface area contributed by atoms with Gasteiger partial charge >= 0.3 is 0 Å². The van der Waals surface area contributed by atoms with Crippen molar-refractivity contribution in [3.8, 4) is 0 Å². The Bertz CT molecular complexity index is 65.7. The Morgan fingerprint density at radius 2 is 1.45 bits per heavy atom. The van der Waals surface area contributed by atoms with Crippen molar-refractivity contribution < 1.29 is 9.90 Å². The zero-order valence-electron chi connectivity index (χ0n) is 8.02. The molecule has 0 aromatic heterocycles. The third kappa shape index (κ3) is 55000. The van der Waals surface area contributed by atoms with E-state index in [-0.39, 0.29) is 11.9 Å². The second-order valence-electron chi connectivity index (χ2n) is 2.27. The van der Waals surface area contributed by atoms with Gasteiger partial charge in [-0.05, 0) is 27.7 Å². The van der Waals surface area contributed by atoms with Gasteiger partial charge in [0.25, 0.3) is 0 Å². The van der Waals surface area contributed by atoms with E-state index in [0.29, 0.717) is 0 Å². The lowest BCUT2D eigenvalue weighted by Gasteiger charge is -1.80. The van der Waals surface area contributed by atoms with Gasteiger partial charge in [-0.2, -0.15) is 0 Å². The van der Waals surface area contributed by atoms with Gasteiger partial charge in [0.05, 0.1) is 0 Å². The number of Topliss-reactive ketones (excluding diaryl/α,β-unsaturated/α-hetero) is 1. The molecule has 0 aliphatic rings.